The van der Waals surface area contributed by atoms with Crippen LogP contribution >= 0.6 is 0 Å². The van der Waals surface area contributed by atoms with Gasteiger partial charge in [0, 0.05) is 28.9 Å². The Bertz CT molecular complexity index is 1110. The van der Waals surface area contributed by atoms with Crippen molar-refractivity contribution in [2.75, 3.05) is 5.32 Å². The predicted molar refractivity (Wildman–Crippen MR) is 113 cm³/mol. The maximum atomic E-state index is 12.3. The molecule has 156 valence electrons. The van der Waals surface area contributed by atoms with Crippen LogP contribution in [0.5, 0.6) is 0 Å². The Hall–Kier alpha value is -4.33. The molecule has 0 radical (unpaired) electrons. The van der Waals surface area contributed by atoms with Gasteiger partial charge in [0.25, 0.3) is 11.6 Å². The SMILES string of the molecule is CC(OC(=O)c1ccc(NC(=O)c2ccc([N+](=O)[O-])cc2)cc1)C(=O)c1ccccc1. The molecule has 8 nitrogen and oxygen atoms in total. The molecule has 0 aromatic heterocycles. The standard InChI is InChI=1S/C23H18N2O6/c1-15(21(26)16-5-3-2-4-6-16)31-23(28)18-7-11-19(12-8-18)24-22(27)17-9-13-20(14-10-17)25(29)30/h2-15H,1H3,(H,24,27). The number of carbonyl (C=O) groups is 3. The van der Waals surface area contributed by atoms with Gasteiger partial charge < -0.3 is 10.1 Å². The Morgan fingerprint density at radius 3 is 2.00 bits per heavy atom. The number of amides is 1. The van der Waals surface area contributed by atoms with E-state index in [1.807, 2.05) is 0 Å². The number of non-ortho nitro benzene ring substituents is 1. The molecule has 0 aliphatic rings. The summed E-state index contributed by atoms with van der Waals surface area (Å²) < 4.78 is 5.24. The minimum Gasteiger partial charge on any atom is -0.451 e. The zero-order valence-electron chi connectivity index (χ0n) is 16.5. The number of nitro benzene ring substituents is 1. The Balaban J connectivity index is 1.60. The molecule has 1 atom stereocenters. The Morgan fingerprint density at radius 1 is 0.839 bits per heavy atom. The molecule has 0 aliphatic heterocycles. The molecule has 0 heterocycles. The molecule has 0 saturated heterocycles. The van der Waals surface area contributed by atoms with Gasteiger partial charge in [0.15, 0.2) is 6.10 Å². The molecule has 0 bridgehead atoms. The van der Waals surface area contributed by atoms with Crippen molar-refractivity contribution in [2.45, 2.75) is 13.0 Å². The van der Waals surface area contributed by atoms with Gasteiger partial charge >= 0.3 is 5.97 Å². The highest BCUT2D eigenvalue weighted by atomic mass is 16.6. The number of esters is 1. The van der Waals surface area contributed by atoms with Crippen molar-refractivity contribution < 1.29 is 24.0 Å². The summed E-state index contributed by atoms with van der Waals surface area (Å²) >= 11 is 0. The van der Waals surface area contributed by atoms with Crippen LogP contribution in [0.1, 0.15) is 38.0 Å². The number of nitrogens with zero attached hydrogens (tertiary/aromatic N) is 1. The van der Waals surface area contributed by atoms with Crippen molar-refractivity contribution in [3.63, 3.8) is 0 Å². The quantitative estimate of drug-likeness (QED) is 0.265. The first kappa shape index (κ1) is 21.4. The van der Waals surface area contributed by atoms with E-state index >= 15 is 0 Å². The summed E-state index contributed by atoms with van der Waals surface area (Å²) in [5.74, 6) is -1.42. The van der Waals surface area contributed by atoms with E-state index in [1.54, 1.807) is 30.3 Å². The van der Waals surface area contributed by atoms with E-state index < -0.39 is 22.9 Å². The third-order valence-electron chi connectivity index (χ3n) is 4.43. The topological polar surface area (TPSA) is 116 Å². The zero-order valence-corrected chi connectivity index (χ0v) is 16.5. The molecule has 0 spiro atoms. The smallest absolute Gasteiger partial charge is 0.338 e. The van der Waals surface area contributed by atoms with Crippen LogP contribution in [0, 0.1) is 10.1 Å². The van der Waals surface area contributed by atoms with Crippen molar-refractivity contribution in [3.8, 4) is 0 Å². The number of hydrogen-bond donors (Lipinski definition) is 1. The summed E-state index contributed by atoms with van der Waals surface area (Å²) in [7, 11) is 0. The Labute approximate surface area is 177 Å². The molecule has 31 heavy (non-hydrogen) atoms. The molecule has 3 aromatic carbocycles. The van der Waals surface area contributed by atoms with Gasteiger partial charge in [-0.15, -0.1) is 0 Å². The molecule has 3 rings (SSSR count). The lowest BCUT2D eigenvalue weighted by atomic mass is 10.1. The lowest BCUT2D eigenvalue weighted by molar-refractivity contribution is -0.384. The zero-order chi connectivity index (χ0) is 22.4. The van der Waals surface area contributed by atoms with Gasteiger partial charge in [-0.05, 0) is 43.3 Å². The normalized spacial score (nSPS) is 11.3. The molecule has 0 aliphatic carbocycles. The lowest BCUT2D eigenvalue weighted by Gasteiger charge is -2.12. The van der Waals surface area contributed by atoms with Crippen LogP contribution in [0.2, 0.25) is 0 Å². The first-order valence-electron chi connectivity index (χ1n) is 9.31. The minimum absolute atomic E-state index is 0.112. The number of rotatable bonds is 7. The predicted octanol–water partition coefficient (Wildman–Crippen LogP) is 4.28. The van der Waals surface area contributed by atoms with Crippen LogP contribution in [0.15, 0.2) is 78.9 Å². The van der Waals surface area contributed by atoms with Gasteiger partial charge in [0.1, 0.15) is 0 Å². The van der Waals surface area contributed by atoms with Gasteiger partial charge in [-0.3, -0.25) is 19.7 Å². The van der Waals surface area contributed by atoms with Crippen molar-refractivity contribution in [1.29, 1.82) is 0 Å². The molecular formula is C23H18N2O6. The molecule has 0 fully saturated rings. The highest BCUT2D eigenvalue weighted by Crippen LogP contribution is 2.16. The second-order valence-corrected chi connectivity index (χ2v) is 6.61. The van der Waals surface area contributed by atoms with Gasteiger partial charge in [-0.2, -0.15) is 0 Å². The van der Waals surface area contributed by atoms with E-state index in [2.05, 4.69) is 5.32 Å². The van der Waals surface area contributed by atoms with Crippen LogP contribution in [0.3, 0.4) is 0 Å². The first-order chi connectivity index (χ1) is 14.8. The van der Waals surface area contributed by atoms with E-state index in [-0.39, 0.29) is 22.6 Å². The van der Waals surface area contributed by atoms with Crippen molar-refractivity contribution >= 4 is 29.0 Å². The molecule has 1 unspecified atom stereocenters. The van der Waals surface area contributed by atoms with Crippen LogP contribution < -0.4 is 5.32 Å². The maximum Gasteiger partial charge on any atom is 0.338 e. The third-order valence-corrected chi connectivity index (χ3v) is 4.43. The fraction of sp³-hybridized carbons (Fsp3) is 0.0870. The number of nitro groups is 1. The van der Waals surface area contributed by atoms with Crippen LogP contribution in [0.4, 0.5) is 11.4 Å². The average Bonchev–Trinajstić information content (AvgIpc) is 2.79. The van der Waals surface area contributed by atoms with Crippen molar-refractivity contribution in [3.05, 3.63) is 106 Å². The second-order valence-electron chi connectivity index (χ2n) is 6.61. The van der Waals surface area contributed by atoms with E-state index in [0.29, 0.717) is 11.3 Å². The monoisotopic (exact) mass is 418 g/mol. The van der Waals surface area contributed by atoms with E-state index in [9.17, 15) is 24.5 Å². The molecule has 0 saturated carbocycles. The van der Waals surface area contributed by atoms with Crippen LogP contribution in [-0.4, -0.2) is 28.7 Å². The number of nitrogens with one attached hydrogen (secondary N) is 1. The number of hydrogen-bond acceptors (Lipinski definition) is 6. The number of anilines is 1. The summed E-state index contributed by atoms with van der Waals surface area (Å²) in [6.07, 6.45) is -0.948. The molecule has 1 N–H and O–H groups in total. The Morgan fingerprint density at radius 2 is 1.42 bits per heavy atom. The van der Waals surface area contributed by atoms with Crippen molar-refractivity contribution in [1.82, 2.24) is 0 Å². The number of ether oxygens (including phenoxy) is 1. The first-order valence-corrected chi connectivity index (χ1v) is 9.31. The third kappa shape index (κ3) is 5.39. The fourth-order valence-electron chi connectivity index (χ4n) is 2.75. The minimum atomic E-state index is -0.948. The number of Topliss-reactive ketones (excluding diaryl/α,β-unsaturated/α-hetero) is 1. The van der Waals surface area contributed by atoms with Gasteiger partial charge in [0.05, 0.1) is 10.5 Å². The summed E-state index contributed by atoms with van der Waals surface area (Å²) in [6.45, 7) is 1.51. The average molecular weight is 418 g/mol. The van der Waals surface area contributed by atoms with Crippen molar-refractivity contribution in [2.24, 2.45) is 0 Å². The maximum absolute atomic E-state index is 12.3. The summed E-state index contributed by atoms with van der Waals surface area (Å²) in [6, 6.07) is 19.7. The van der Waals surface area contributed by atoms with Gasteiger partial charge in [-0.1, -0.05) is 30.3 Å². The highest BCUT2D eigenvalue weighted by molar-refractivity contribution is 6.05. The van der Waals surface area contributed by atoms with E-state index in [4.69, 9.17) is 4.74 Å². The number of benzene rings is 3. The second kappa shape index (κ2) is 9.45. The molecule has 8 heteroatoms. The molecular weight excluding hydrogens is 400 g/mol. The van der Waals surface area contributed by atoms with Crippen LogP contribution in [-0.2, 0) is 4.74 Å². The highest BCUT2D eigenvalue weighted by Gasteiger charge is 2.20. The van der Waals surface area contributed by atoms with Gasteiger partial charge in [-0.25, -0.2) is 4.79 Å². The van der Waals surface area contributed by atoms with E-state index in [1.165, 1.54) is 55.5 Å². The summed E-state index contributed by atoms with van der Waals surface area (Å²) in [4.78, 5) is 47.0. The molecule has 3 aromatic rings. The summed E-state index contributed by atoms with van der Waals surface area (Å²) in [5, 5.41) is 13.3. The fourth-order valence-corrected chi connectivity index (χ4v) is 2.75. The van der Waals surface area contributed by atoms with E-state index in [0.717, 1.165) is 0 Å². The summed E-state index contributed by atoms with van der Waals surface area (Å²) in [5.41, 5.74) is 1.24. The number of ketones is 1. The number of carbonyl (C=O) groups excluding carboxylic acids is 3. The molecule has 1 amide bonds. The Kier molecular flexibility index (Phi) is 6.51. The van der Waals surface area contributed by atoms with Crippen LogP contribution in [0.25, 0.3) is 0 Å². The lowest BCUT2D eigenvalue weighted by Crippen LogP contribution is -2.24. The largest absolute Gasteiger partial charge is 0.451 e. The van der Waals surface area contributed by atoms with Gasteiger partial charge in [0.2, 0.25) is 5.78 Å².